The van der Waals surface area contributed by atoms with Gasteiger partial charge in [0, 0.05) is 44.4 Å². The van der Waals surface area contributed by atoms with Crippen molar-refractivity contribution in [3.63, 3.8) is 0 Å². The second-order valence-electron chi connectivity index (χ2n) is 18.3. The van der Waals surface area contributed by atoms with E-state index in [-0.39, 0.29) is 89.3 Å². The van der Waals surface area contributed by atoms with E-state index in [0.29, 0.717) is 35.3 Å². The number of piperidine rings is 3. The number of alkyl halides is 2. The Bertz CT molecular complexity index is 2680. The number of aromatic nitrogens is 1. The topological polar surface area (TPSA) is 134 Å². The SMILES string of the molecule is O=C(CC1CN(S(=O)(=O)c2ccc(COc3cccc([C@@H](CC(=O)O[C@H]4CN5CCC4CC5)c4ccccc4)c3)cc2)C1)O[C@@H](Cc1c(Cl)cncc1Cl)c1ccc(OC(F)F)c(OCC2CC2)c1. The molecular weight excluding hydrogens is 952 g/mol. The first kappa shape index (κ1) is 48.7. The molecule has 0 spiro atoms. The van der Waals surface area contributed by atoms with E-state index < -0.39 is 28.7 Å². The minimum atomic E-state index is -3.87. The second-order valence-corrected chi connectivity index (χ2v) is 21.1. The summed E-state index contributed by atoms with van der Waals surface area (Å²) in [7, 11) is -3.87. The number of ether oxygens (including phenoxy) is 5. The molecule has 17 heteroatoms. The molecule has 4 saturated heterocycles. The van der Waals surface area contributed by atoms with Crippen LogP contribution in [0.3, 0.4) is 0 Å². The fourth-order valence-corrected chi connectivity index (χ4v) is 11.4. The Morgan fingerprint density at radius 1 is 0.754 bits per heavy atom. The highest BCUT2D eigenvalue weighted by molar-refractivity contribution is 7.89. The zero-order chi connectivity index (χ0) is 48.1. The van der Waals surface area contributed by atoms with Gasteiger partial charge in [0.2, 0.25) is 10.0 Å². The van der Waals surface area contributed by atoms with Gasteiger partial charge in [-0.15, -0.1) is 0 Å². The predicted molar refractivity (Wildman–Crippen MR) is 254 cm³/mol. The molecule has 5 aliphatic rings. The number of esters is 2. The van der Waals surface area contributed by atoms with E-state index in [9.17, 15) is 26.8 Å². The van der Waals surface area contributed by atoms with Crippen LogP contribution in [0.5, 0.6) is 17.2 Å². The molecule has 0 unspecified atom stereocenters. The maximum absolute atomic E-state index is 13.7. The molecule has 5 heterocycles. The number of benzene rings is 4. The van der Waals surface area contributed by atoms with E-state index in [2.05, 4.69) is 9.88 Å². The summed E-state index contributed by atoms with van der Waals surface area (Å²) in [5, 5.41) is 0.501. The van der Waals surface area contributed by atoms with Crippen LogP contribution in [0.1, 0.15) is 78.4 Å². The number of rotatable bonds is 21. The van der Waals surface area contributed by atoms with Crippen molar-refractivity contribution < 1.29 is 50.5 Å². The van der Waals surface area contributed by atoms with Crippen molar-refractivity contribution in [1.82, 2.24) is 14.2 Å². The summed E-state index contributed by atoms with van der Waals surface area (Å²) in [5.74, 6) is -0.0733. The molecular formula is C52H53Cl2F2N3O9S. The fraction of sp³-hybridized carbons (Fsp3) is 0.404. The molecule has 1 aliphatic carbocycles. The van der Waals surface area contributed by atoms with E-state index in [0.717, 1.165) is 62.0 Å². The number of hydrogen-bond acceptors (Lipinski definition) is 11. The van der Waals surface area contributed by atoms with Gasteiger partial charge in [-0.05, 0) is 121 Å². The highest BCUT2D eigenvalue weighted by Gasteiger charge is 2.39. The van der Waals surface area contributed by atoms with E-state index in [1.807, 2.05) is 54.6 Å². The van der Waals surface area contributed by atoms with Crippen molar-refractivity contribution in [2.24, 2.45) is 17.8 Å². The largest absolute Gasteiger partial charge is 0.489 e. The number of hydrogen-bond donors (Lipinski definition) is 0. The summed E-state index contributed by atoms with van der Waals surface area (Å²) in [6.45, 7) is 0.568. The zero-order valence-corrected chi connectivity index (χ0v) is 40.1. The molecule has 0 radical (unpaired) electrons. The van der Waals surface area contributed by atoms with Crippen LogP contribution in [0.2, 0.25) is 10.0 Å². The lowest BCUT2D eigenvalue weighted by molar-refractivity contribution is -0.159. The number of carbonyl (C=O) groups excluding carboxylic acids is 2. The Balaban J connectivity index is 0.799. The third-order valence-electron chi connectivity index (χ3n) is 13.4. The van der Waals surface area contributed by atoms with Crippen molar-refractivity contribution in [1.29, 1.82) is 0 Å². The molecule has 0 N–H and O–H groups in total. The lowest BCUT2D eigenvalue weighted by Gasteiger charge is -2.44. The van der Waals surface area contributed by atoms with Crippen LogP contribution >= 0.6 is 23.2 Å². The predicted octanol–water partition coefficient (Wildman–Crippen LogP) is 10.1. The summed E-state index contributed by atoms with van der Waals surface area (Å²) in [6.07, 6.45) is 6.03. The van der Waals surface area contributed by atoms with Crippen molar-refractivity contribution in [2.75, 3.05) is 39.3 Å². The van der Waals surface area contributed by atoms with Crippen LogP contribution in [0.15, 0.2) is 114 Å². The van der Waals surface area contributed by atoms with E-state index in [4.69, 9.17) is 46.9 Å². The van der Waals surface area contributed by atoms with Crippen LogP contribution in [0.25, 0.3) is 0 Å². The highest BCUT2D eigenvalue weighted by Crippen LogP contribution is 2.39. The maximum Gasteiger partial charge on any atom is 0.387 e. The third kappa shape index (κ3) is 12.4. The molecule has 4 aliphatic heterocycles. The molecule has 12 nitrogen and oxygen atoms in total. The van der Waals surface area contributed by atoms with Crippen LogP contribution in [0, 0.1) is 17.8 Å². The van der Waals surface area contributed by atoms with Crippen LogP contribution < -0.4 is 14.2 Å². The number of carbonyl (C=O) groups is 2. The van der Waals surface area contributed by atoms with Gasteiger partial charge >= 0.3 is 18.6 Å². The van der Waals surface area contributed by atoms with Crippen molar-refractivity contribution >= 4 is 45.2 Å². The number of sulfonamides is 1. The number of fused-ring (bicyclic) bond motifs is 3. The van der Waals surface area contributed by atoms with Crippen LogP contribution in [-0.2, 0) is 42.1 Å². The first-order valence-corrected chi connectivity index (χ1v) is 25.5. The third-order valence-corrected chi connectivity index (χ3v) is 15.9. The minimum absolute atomic E-state index is 0.0359. The average Bonchev–Trinajstić information content (AvgIpc) is 4.17. The Morgan fingerprint density at radius 2 is 1.48 bits per heavy atom. The molecule has 364 valence electrons. The first-order valence-electron chi connectivity index (χ1n) is 23.3. The van der Waals surface area contributed by atoms with Gasteiger partial charge in [-0.25, -0.2) is 8.42 Å². The smallest absolute Gasteiger partial charge is 0.387 e. The van der Waals surface area contributed by atoms with Crippen LogP contribution in [-0.4, -0.2) is 86.6 Å². The normalized spacial score (nSPS) is 20.2. The molecule has 10 rings (SSSR count). The van der Waals surface area contributed by atoms with E-state index >= 15 is 0 Å². The Kier molecular flexibility index (Phi) is 15.4. The summed E-state index contributed by atoms with van der Waals surface area (Å²) >= 11 is 12.9. The molecule has 1 aromatic heterocycles. The van der Waals surface area contributed by atoms with Gasteiger partial charge in [-0.3, -0.25) is 19.5 Å². The molecule has 3 atom stereocenters. The number of pyridine rings is 1. The highest BCUT2D eigenvalue weighted by atomic mass is 35.5. The van der Waals surface area contributed by atoms with Gasteiger partial charge in [-0.1, -0.05) is 83.9 Å². The second kappa shape index (κ2) is 21.8. The number of halogens is 4. The molecule has 1 saturated carbocycles. The molecule has 2 bridgehead atoms. The van der Waals surface area contributed by atoms with Gasteiger partial charge in [0.25, 0.3) is 0 Å². The van der Waals surface area contributed by atoms with Gasteiger partial charge in [-0.2, -0.15) is 13.1 Å². The van der Waals surface area contributed by atoms with Crippen molar-refractivity contribution in [3.8, 4) is 17.2 Å². The van der Waals surface area contributed by atoms with E-state index in [1.165, 1.54) is 34.9 Å². The molecule has 5 aromatic rings. The first-order chi connectivity index (χ1) is 33.3. The van der Waals surface area contributed by atoms with E-state index in [1.54, 1.807) is 24.3 Å². The molecule has 5 fully saturated rings. The molecule has 0 amide bonds. The lowest BCUT2D eigenvalue weighted by atomic mass is 9.85. The quantitative estimate of drug-likeness (QED) is 0.0651. The van der Waals surface area contributed by atoms with Gasteiger partial charge in [0.15, 0.2) is 11.5 Å². The summed E-state index contributed by atoms with van der Waals surface area (Å²) in [5.41, 5.74) is 3.58. The zero-order valence-electron chi connectivity index (χ0n) is 37.8. The van der Waals surface area contributed by atoms with Gasteiger partial charge < -0.3 is 23.7 Å². The minimum Gasteiger partial charge on any atom is -0.489 e. The Morgan fingerprint density at radius 3 is 2.16 bits per heavy atom. The van der Waals surface area contributed by atoms with Crippen molar-refractivity contribution in [3.05, 3.63) is 147 Å². The average molecular weight is 1000 g/mol. The lowest BCUT2D eigenvalue weighted by Crippen LogP contribution is -2.52. The molecule has 69 heavy (non-hydrogen) atoms. The standard InChI is InChI=1S/C52H53Cl2F2N3O9S/c53-44-26-57-27-45(54)43(44)24-47(39-13-16-46(68-52(55)56)48(23-39)65-32-33-9-10-33)66-50(60)21-35-28-59(29-35)69(62,63)41-14-11-34(12-15-41)31-64-40-8-4-7-38(22-40)42(36-5-2-1-3-6-36)25-51(61)67-49-30-58-19-17-37(49)18-20-58/h1-8,11-16,22-23,26-27,33,35,37,42,47,49,52H,9-10,17-21,24-25,28-32H2/t42-,47-,49-/m0/s1. The van der Waals surface area contributed by atoms with Gasteiger partial charge in [0.1, 0.15) is 24.6 Å². The monoisotopic (exact) mass is 1000 g/mol. The number of nitrogens with zero attached hydrogens (tertiary/aromatic N) is 3. The fourth-order valence-electron chi connectivity index (χ4n) is 9.30. The Labute approximate surface area is 410 Å². The van der Waals surface area contributed by atoms with Gasteiger partial charge in [0.05, 0.1) is 34.4 Å². The van der Waals surface area contributed by atoms with Crippen molar-refractivity contribution in [2.45, 2.75) is 81.2 Å². The van der Waals surface area contributed by atoms with Crippen LogP contribution in [0.4, 0.5) is 8.78 Å². The summed E-state index contributed by atoms with van der Waals surface area (Å²) in [6, 6.07) is 28.4. The Hall–Kier alpha value is -5.32. The molecule has 4 aromatic carbocycles. The summed E-state index contributed by atoms with van der Waals surface area (Å²) < 4.78 is 84.1. The maximum atomic E-state index is 13.7. The summed E-state index contributed by atoms with van der Waals surface area (Å²) in [4.78, 5) is 33.4.